The number of ketones is 2. The lowest BCUT2D eigenvalue weighted by atomic mass is 9.38. The highest BCUT2D eigenvalue weighted by atomic mass is 16.3. The summed E-state index contributed by atoms with van der Waals surface area (Å²) in [6.45, 7) is 8.09. The van der Waals surface area contributed by atoms with Crippen molar-refractivity contribution in [2.24, 2.45) is 22.7 Å². The van der Waals surface area contributed by atoms with Gasteiger partial charge in [0.25, 0.3) is 0 Å². The summed E-state index contributed by atoms with van der Waals surface area (Å²) in [7, 11) is 0. The second-order valence-electron chi connectivity index (χ2n) is 12.3. The van der Waals surface area contributed by atoms with Gasteiger partial charge in [0.15, 0.2) is 11.6 Å². The molecule has 1 spiro atoms. The molecule has 198 valence electrons. The molecule has 3 aliphatic carbocycles. The summed E-state index contributed by atoms with van der Waals surface area (Å²) < 4.78 is 0. The fourth-order valence-electron chi connectivity index (χ4n) is 8.41. The zero-order valence-corrected chi connectivity index (χ0v) is 22.5. The van der Waals surface area contributed by atoms with E-state index in [2.05, 4.69) is 48.4 Å². The Kier molecular flexibility index (Phi) is 5.52. The van der Waals surface area contributed by atoms with Crippen LogP contribution in [0, 0.1) is 22.7 Å². The Hall–Kier alpha value is -3.25. The van der Waals surface area contributed by atoms with Crippen LogP contribution in [-0.2, 0) is 26.2 Å². The summed E-state index contributed by atoms with van der Waals surface area (Å²) in [4.78, 5) is 45.1. The Balaban J connectivity index is 1.57. The number of aliphatic hydroxyl groups excluding tert-OH is 1. The van der Waals surface area contributed by atoms with E-state index in [1.165, 1.54) is 23.1 Å². The number of hydrogen-bond acceptors (Lipinski definition) is 4. The van der Waals surface area contributed by atoms with Crippen LogP contribution >= 0.6 is 0 Å². The van der Waals surface area contributed by atoms with E-state index in [4.69, 9.17) is 0 Å². The average molecular weight is 513 g/mol. The number of nitrogens with one attached hydrogen (secondary N) is 2. The van der Waals surface area contributed by atoms with Gasteiger partial charge in [-0.3, -0.25) is 14.4 Å². The minimum atomic E-state index is -1.36. The first-order valence-electron chi connectivity index (χ1n) is 13.8. The van der Waals surface area contributed by atoms with E-state index in [-0.39, 0.29) is 29.6 Å². The SMILES string of the molecule is CC1=CC(C)CC=CC2CCC3(C)c4[nH]c5ccccc5c4CC4NC(=O)C2(C(=O)C=CC(=O)C1O)C43C. The topological polar surface area (TPSA) is 99.3 Å². The summed E-state index contributed by atoms with van der Waals surface area (Å²) in [6, 6.07) is 8.04. The summed E-state index contributed by atoms with van der Waals surface area (Å²) in [5, 5.41) is 15.0. The highest BCUT2D eigenvalue weighted by Gasteiger charge is 2.77. The number of carbonyl (C=O) groups excluding carboxylic acids is 3. The van der Waals surface area contributed by atoms with Crippen LogP contribution in [0.2, 0.25) is 0 Å². The third-order valence-corrected chi connectivity index (χ3v) is 10.5. The van der Waals surface area contributed by atoms with Gasteiger partial charge in [0.2, 0.25) is 5.91 Å². The lowest BCUT2D eigenvalue weighted by molar-refractivity contribution is -0.157. The molecule has 3 N–H and O–H groups in total. The van der Waals surface area contributed by atoms with Crippen LogP contribution in [0.15, 0.2) is 60.2 Å². The Morgan fingerprint density at radius 1 is 1.08 bits per heavy atom. The van der Waals surface area contributed by atoms with Gasteiger partial charge >= 0.3 is 0 Å². The van der Waals surface area contributed by atoms with Crippen LogP contribution in [-0.4, -0.2) is 39.7 Å². The van der Waals surface area contributed by atoms with E-state index in [0.717, 1.165) is 17.6 Å². The van der Waals surface area contributed by atoms with Crippen LogP contribution in [0.4, 0.5) is 0 Å². The minimum Gasteiger partial charge on any atom is -0.381 e. The fraction of sp³-hybridized carbons (Fsp3) is 0.469. The molecule has 6 rings (SSSR count). The molecule has 1 aliphatic heterocycles. The van der Waals surface area contributed by atoms with E-state index >= 15 is 0 Å². The molecule has 1 saturated heterocycles. The van der Waals surface area contributed by atoms with Crippen molar-refractivity contribution in [1.29, 1.82) is 0 Å². The highest BCUT2D eigenvalue weighted by Crippen LogP contribution is 2.70. The lowest BCUT2D eigenvalue weighted by Gasteiger charge is -2.61. The van der Waals surface area contributed by atoms with Gasteiger partial charge in [-0.2, -0.15) is 0 Å². The molecule has 6 nitrogen and oxygen atoms in total. The molecule has 2 fully saturated rings. The Labute approximate surface area is 223 Å². The number of allylic oxidation sites excluding steroid dienone is 4. The van der Waals surface area contributed by atoms with E-state index in [1.54, 1.807) is 6.92 Å². The van der Waals surface area contributed by atoms with Crippen LogP contribution in [0.5, 0.6) is 0 Å². The number of aliphatic hydroxyl groups is 1. The van der Waals surface area contributed by atoms with Gasteiger partial charge in [0.05, 0.1) is 0 Å². The summed E-state index contributed by atoms with van der Waals surface area (Å²) in [6.07, 6.45) is 10.0. The molecule has 0 bridgehead atoms. The van der Waals surface area contributed by atoms with Gasteiger partial charge in [-0.15, -0.1) is 0 Å². The molecule has 7 unspecified atom stereocenters. The maximum atomic E-state index is 14.4. The van der Waals surface area contributed by atoms with Crippen molar-refractivity contribution in [1.82, 2.24) is 10.3 Å². The van der Waals surface area contributed by atoms with Gasteiger partial charge in [0.1, 0.15) is 11.5 Å². The molecule has 38 heavy (non-hydrogen) atoms. The smallest absolute Gasteiger partial charge is 0.235 e. The van der Waals surface area contributed by atoms with Crippen LogP contribution in [0.3, 0.4) is 0 Å². The Morgan fingerprint density at radius 2 is 1.84 bits per heavy atom. The van der Waals surface area contributed by atoms with Crippen molar-refractivity contribution < 1.29 is 19.5 Å². The number of benzene rings is 1. The number of aromatic amines is 1. The number of rotatable bonds is 0. The average Bonchev–Trinajstić information content (AvgIpc) is 3.37. The van der Waals surface area contributed by atoms with E-state index in [9.17, 15) is 19.5 Å². The first-order valence-corrected chi connectivity index (χ1v) is 13.8. The molecular formula is C32H36N2O4. The molecule has 2 heterocycles. The Morgan fingerprint density at radius 3 is 2.63 bits per heavy atom. The summed E-state index contributed by atoms with van der Waals surface area (Å²) >= 11 is 0. The number of hydrogen-bond donors (Lipinski definition) is 3. The Bertz CT molecular complexity index is 1460. The van der Waals surface area contributed by atoms with Gasteiger partial charge < -0.3 is 15.4 Å². The molecule has 7 atom stereocenters. The van der Waals surface area contributed by atoms with Crippen molar-refractivity contribution in [3.8, 4) is 0 Å². The minimum absolute atomic E-state index is 0.100. The zero-order valence-electron chi connectivity index (χ0n) is 22.5. The third kappa shape index (κ3) is 3.01. The van der Waals surface area contributed by atoms with Crippen molar-refractivity contribution in [3.63, 3.8) is 0 Å². The summed E-state index contributed by atoms with van der Waals surface area (Å²) in [5.74, 6) is -1.34. The van der Waals surface area contributed by atoms with Crippen molar-refractivity contribution in [2.75, 3.05) is 0 Å². The number of H-pyrrole nitrogens is 1. The van der Waals surface area contributed by atoms with Gasteiger partial charge in [-0.1, -0.05) is 57.2 Å². The largest absolute Gasteiger partial charge is 0.381 e. The molecule has 2 aromatic rings. The number of para-hydroxylation sites is 1. The van der Waals surface area contributed by atoms with Gasteiger partial charge in [0, 0.05) is 33.5 Å². The molecule has 6 heteroatoms. The van der Waals surface area contributed by atoms with Crippen molar-refractivity contribution in [2.45, 2.75) is 70.9 Å². The fourth-order valence-corrected chi connectivity index (χ4v) is 8.41. The van der Waals surface area contributed by atoms with Crippen LogP contribution in [0.1, 0.15) is 58.2 Å². The molecule has 1 aromatic heterocycles. The predicted octanol–water partition coefficient (Wildman–Crippen LogP) is 4.48. The second-order valence-corrected chi connectivity index (χ2v) is 12.3. The highest BCUT2D eigenvalue weighted by molar-refractivity contribution is 6.16. The molecule has 1 saturated carbocycles. The van der Waals surface area contributed by atoms with Gasteiger partial charge in [-0.05, 0) is 73.8 Å². The number of carbonyl (C=O) groups is 3. The van der Waals surface area contributed by atoms with E-state index in [1.807, 2.05) is 25.1 Å². The van der Waals surface area contributed by atoms with Crippen LogP contribution in [0.25, 0.3) is 10.9 Å². The van der Waals surface area contributed by atoms with Crippen LogP contribution < -0.4 is 5.32 Å². The molecular weight excluding hydrogens is 476 g/mol. The summed E-state index contributed by atoms with van der Waals surface area (Å²) in [5.41, 5.74) is 1.41. The quantitative estimate of drug-likeness (QED) is 0.358. The zero-order chi connectivity index (χ0) is 27.0. The predicted molar refractivity (Wildman–Crippen MR) is 146 cm³/mol. The second kappa shape index (κ2) is 8.37. The maximum Gasteiger partial charge on any atom is 0.235 e. The van der Waals surface area contributed by atoms with E-state index < -0.39 is 28.1 Å². The molecule has 1 aromatic carbocycles. The number of aromatic nitrogens is 1. The van der Waals surface area contributed by atoms with E-state index in [0.29, 0.717) is 24.8 Å². The standard InChI is InChI=1S/C32H36N2O4/c1-18-8-7-9-20-14-15-30(3)28-22(21-10-5-6-11-23(21)33-28)17-25-31(30,4)32(20,29(38)34-25)26(36)13-12-24(35)27(37)19(2)16-18/h5-7,9-13,16,18,20,25,27,33,37H,8,14-15,17H2,1-4H3,(H,34,38). The van der Waals surface area contributed by atoms with Crippen molar-refractivity contribution in [3.05, 3.63) is 71.5 Å². The third-order valence-electron chi connectivity index (χ3n) is 10.5. The van der Waals surface area contributed by atoms with Crippen molar-refractivity contribution >= 4 is 28.4 Å². The number of fused-ring (bicyclic) bond motifs is 4. The first kappa shape index (κ1) is 25.1. The monoisotopic (exact) mass is 512 g/mol. The molecule has 0 radical (unpaired) electrons. The normalized spacial score (nSPS) is 38.9. The number of amides is 1. The lowest BCUT2D eigenvalue weighted by Crippen LogP contribution is -2.66. The first-order chi connectivity index (χ1) is 18.1. The molecule has 4 aliphatic rings. The molecule has 1 amide bonds. The van der Waals surface area contributed by atoms with Gasteiger partial charge in [-0.25, -0.2) is 0 Å². The maximum absolute atomic E-state index is 14.4.